The molecular formula is C22H25F2N7O3. The van der Waals surface area contributed by atoms with Gasteiger partial charge in [0.1, 0.15) is 11.2 Å². The first kappa shape index (κ1) is 22.4. The van der Waals surface area contributed by atoms with Crippen LogP contribution in [0.15, 0.2) is 30.7 Å². The highest BCUT2D eigenvalue weighted by Gasteiger charge is 2.37. The molecule has 34 heavy (non-hydrogen) atoms. The summed E-state index contributed by atoms with van der Waals surface area (Å²) < 4.78 is 33.0. The second-order valence-corrected chi connectivity index (χ2v) is 8.79. The van der Waals surface area contributed by atoms with Gasteiger partial charge < -0.3 is 20.1 Å². The third-order valence-corrected chi connectivity index (χ3v) is 6.12. The minimum Gasteiger partial charge on any atom is -0.468 e. The highest BCUT2D eigenvalue weighted by Crippen LogP contribution is 2.39. The van der Waals surface area contributed by atoms with Gasteiger partial charge in [0.15, 0.2) is 11.5 Å². The molecule has 0 aromatic carbocycles. The Morgan fingerprint density at radius 1 is 1.32 bits per heavy atom. The van der Waals surface area contributed by atoms with Gasteiger partial charge in [0.05, 0.1) is 25.0 Å². The second-order valence-electron chi connectivity index (χ2n) is 8.79. The zero-order chi connectivity index (χ0) is 23.9. The maximum Gasteiger partial charge on any atom is 0.261 e. The Morgan fingerprint density at radius 3 is 2.85 bits per heavy atom. The standard InChI is InChI=1S/C22H25F2N7O3/c1-22(13-32)10-14-9-16(27-20(33)15-11-26-31-4-2-3-25-18(15)31)19(28-21(14)34-22)30-7-5-29(6-8-30)12-17(23)24/h2-4,9,11,17,32H,5-8,10,12-13H2,1H3,(H,27,33)/t22-/m0/s1. The number of carbonyl (C=O) groups excluding carboxylic acids is 1. The number of pyridine rings is 1. The molecule has 10 nitrogen and oxygen atoms in total. The van der Waals surface area contributed by atoms with Crippen LogP contribution in [-0.2, 0) is 6.42 Å². The van der Waals surface area contributed by atoms with E-state index >= 15 is 0 Å². The van der Waals surface area contributed by atoms with Crippen LogP contribution >= 0.6 is 0 Å². The first-order chi connectivity index (χ1) is 16.3. The van der Waals surface area contributed by atoms with E-state index in [-0.39, 0.29) is 13.2 Å². The minimum atomic E-state index is -2.39. The Bertz CT molecular complexity index is 1210. The predicted molar refractivity (Wildman–Crippen MR) is 120 cm³/mol. The van der Waals surface area contributed by atoms with Crippen molar-refractivity contribution in [2.45, 2.75) is 25.4 Å². The Kier molecular flexibility index (Phi) is 5.78. The van der Waals surface area contributed by atoms with Crippen molar-refractivity contribution in [2.24, 2.45) is 0 Å². The molecule has 0 radical (unpaired) electrons. The number of alkyl halides is 2. The van der Waals surface area contributed by atoms with Crippen molar-refractivity contribution in [2.75, 3.05) is 49.5 Å². The number of ether oxygens (including phenoxy) is 1. The van der Waals surface area contributed by atoms with Crippen molar-refractivity contribution < 1.29 is 23.4 Å². The van der Waals surface area contributed by atoms with Gasteiger partial charge in [-0.15, -0.1) is 0 Å². The Balaban J connectivity index is 1.45. The van der Waals surface area contributed by atoms with Crippen LogP contribution < -0.4 is 15.0 Å². The number of carbonyl (C=O) groups is 1. The lowest BCUT2D eigenvalue weighted by atomic mass is 10.0. The summed E-state index contributed by atoms with van der Waals surface area (Å²) in [5.41, 5.74) is 1.19. The molecule has 1 saturated heterocycles. The molecule has 1 amide bonds. The van der Waals surface area contributed by atoms with Crippen molar-refractivity contribution in [1.82, 2.24) is 24.5 Å². The Hall–Kier alpha value is -3.38. The van der Waals surface area contributed by atoms with Gasteiger partial charge in [-0.2, -0.15) is 10.1 Å². The summed E-state index contributed by atoms with van der Waals surface area (Å²) in [6.45, 7) is 3.18. The van der Waals surface area contributed by atoms with Crippen LogP contribution in [0, 0.1) is 0 Å². The number of rotatable bonds is 6. The Morgan fingerprint density at radius 2 is 2.12 bits per heavy atom. The monoisotopic (exact) mass is 473 g/mol. The van der Waals surface area contributed by atoms with Crippen molar-refractivity contribution in [3.8, 4) is 5.88 Å². The van der Waals surface area contributed by atoms with E-state index in [0.29, 0.717) is 61.2 Å². The van der Waals surface area contributed by atoms with E-state index in [1.54, 1.807) is 36.4 Å². The number of halogens is 2. The molecule has 2 N–H and O–H groups in total. The summed E-state index contributed by atoms with van der Waals surface area (Å²) in [6, 6.07) is 3.52. The van der Waals surface area contributed by atoms with Crippen LogP contribution in [0.5, 0.6) is 5.88 Å². The van der Waals surface area contributed by atoms with Gasteiger partial charge in [-0.05, 0) is 19.1 Å². The number of hydrogen-bond donors (Lipinski definition) is 2. The van der Waals surface area contributed by atoms with E-state index in [0.717, 1.165) is 5.56 Å². The lowest BCUT2D eigenvalue weighted by Crippen LogP contribution is -2.48. The van der Waals surface area contributed by atoms with Crippen LogP contribution in [0.25, 0.3) is 5.65 Å². The number of anilines is 2. The number of fused-ring (bicyclic) bond motifs is 2. The van der Waals surface area contributed by atoms with E-state index in [4.69, 9.17) is 4.74 Å². The molecule has 3 aromatic heterocycles. The minimum absolute atomic E-state index is 0.180. The third-order valence-electron chi connectivity index (χ3n) is 6.12. The van der Waals surface area contributed by atoms with E-state index in [1.807, 2.05) is 4.90 Å². The fourth-order valence-electron chi connectivity index (χ4n) is 4.35. The van der Waals surface area contributed by atoms with Gasteiger partial charge in [0, 0.05) is 50.6 Å². The van der Waals surface area contributed by atoms with Crippen LogP contribution in [0.3, 0.4) is 0 Å². The van der Waals surface area contributed by atoms with Crippen LogP contribution in [0.4, 0.5) is 20.3 Å². The number of nitrogens with zero attached hydrogens (tertiary/aromatic N) is 6. The molecule has 1 fully saturated rings. The maximum absolute atomic E-state index is 13.2. The summed E-state index contributed by atoms with van der Waals surface area (Å²) in [7, 11) is 0. The molecule has 1 atom stereocenters. The lowest BCUT2D eigenvalue weighted by molar-refractivity contribution is 0.0416. The molecule has 3 aromatic rings. The highest BCUT2D eigenvalue weighted by molar-refractivity contribution is 6.09. The molecule has 12 heteroatoms. The van der Waals surface area contributed by atoms with E-state index < -0.39 is 17.9 Å². The van der Waals surface area contributed by atoms with Gasteiger partial charge in [-0.1, -0.05) is 0 Å². The number of nitrogens with one attached hydrogen (secondary N) is 1. The lowest BCUT2D eigenvalue weighted by Gasteiger charge is -2.36. The molecule has 5 rings (SSSR count). The van der Waals surface area contributed by atoms with E-state index in [1.165, 1.54) is 10.7 Å². The third kappa shape index (κ3) is 4.26. The van der Waals surface area contributed by atoms with Gasteiger partial charge >= 0.3 is 0 Å². The van der Waals surface area contributed by atoms with Gasteiger partial charge in [0.2, 0.25) is 5.88 Å². The first-order valence-electron chi connectivity index (χ1n) is 11.0. The van der Waals surface area contributed by atoms with Gasteiger partial charge in [-0.3, -0.25) is 9.69 Å². The molecule has 0 saturated carbocycles. The fraction of sp³-hybridized carbons (Fsp3) is 0.455. The first-order valence-corrected chi connectivity index (χ1v) is 11.0. The number of aliphatic hydroxyl groups is 1. The van der Waals surface area contributed by atoms with Gasteiger partial charge in [-0.25, -0.2) is 18.3 Å². The summed E-state index contributed by atoms with van der Waals surface area (Å²) >= 11 is 0. The molecular weight excluding hydrogens is 448 g/mol. The summed E-state index contributed by atoms with van der Waals surface area (Å²) in [6.07, 6.45) is 2.79. The number of aromatic nitrogens is 4. The van der Waals surface area contributed by atoms with Crippen molar-refractivity contribution in [3.05, 3.63) is 41.9 Å². The average Bonchev–Trinajstić information content (AvgIpc) is 3.39. The average molecular weight is 473 g/mol. The van der Waals surface area contributed by atoms with E-state index in [2.05, 4.69) is 20.4 Å². The van der Waals surface area contributed by atoms with Crippen LogP contribution in [0.2, 0.25) is 0 Å². The smallest absolute Gasteiger partial charge is 0.261 e. The summed E-state index contributed by atoms with van der Waals surface area (Å²) in [5, 5.41) is 16.8. The van der Waals surface area contributed by atoms with Gasteiger partial charge in [0.25, 0.3) is 12.3 Å². The number of amides is 1. The molecule has 0 unspecified atom stereocenters. The van der Waals surface area contributed by atoms with Crippen LogP contribution in [-0.4, -0.2) is 86.9 Å². The zero-order valence-corrected chi connectivity index (χ0v) is 18.6. The van der Waals surface area contributed by atoms with Crippen molar-refractivity contribution in [1.29, 1.82) is 0 Å². The van der Waals surface area contributed by atoms with E-state index in [9.17, 15) is 18.7 Å². The molecule has 0 spiro atoms. The summed E-state index contributed by atoms with van der Waals surface area (Å²) in [4.78, 5) is 25.7. The number of hydrogen-bond acceptors (Lipinski definition) is 8. The molecule has 2 aliphatic rings. The maximum atomic E-state index is 13.2. The Labute approximate surface area is 194 Å². The number of aliphatic hydroxyl groups excluding tert-OH is 1. The normalized spacial score (nSPS) is 20.6. The molecule has 180 valence electrons. The quantitative estimate of drug-likeness (QED) is 0.554. The zero-order valence-electron chi connectivity index (χ0n) is 18.6. The molecule has 0 aliphatic carbocycles. The largest absolute Gasteiger partial charge is 0.468 e. The van der Waals surface area contributed by atoms with Crippen LogP contribution in [0.1, 0.15) is 22.8 Å². The second kappa shape index (κ2) is 8.76. The predicted octanol–water partition coefficient (Wildman–Crippen LogP) is 1.45. The topological polar surface area (TPSA) is 108 Å². The summed E-state index contributed by atoms with van der Waals surface area (Å²) in [5.74, 6) is 0.504. The molecule has 5 heterocycles. The number of piperazine rings is 1. The SMILES string of the molecule is C[C@@]1(CO)Cc2cc(NC(=O)c3cnn4cccnc34)c(N3CCN(CC(F)F)CC3)nc2O1. The van der Waals surface area contributed by atoms with Crippen molar-refractivity contribution in [3.63, 3.8) is 0 Å². The van der Waals surface area contributed by atoms with Crippen molar-refractivity contribution >= 4 is 23.1 Å². The molecule has 2 aliphatic heterocycles. The highest BCUT2D eigenvalue weighted by atomic mass is 19.3. The molecule has 0 bridgehead atoms. The fourth-order valence-corrected chi connectivity index (χ4v) is 4.35.